The minimum Gasteiger partial charge on any atom is -0.373 e. The predicted molar refractivity (Wildman–Crippen MR) is 100 cm³/mol. The van der Waals surface area contributed by atoms with E-state index in [0.717, 1.165) is 0 Å². The number of halogens is 3. The number of benzene rings is 2. The van der Waals surface area contributed by atoms with Crippen molar-refractivity contribution in [1.29, 1.82) is 0 Å². The first-order chi connectivity index (χ1) is 13.1. The minimum atomic E-state index is -0.577. The summed E-state index contributed by atoms with van der Waals surface area (Å²) >= 11 is 6.05. The lowest BCUT2D eigenvalue weighted by Crippen LogP contribution is -2.01. The molecule has 27 heavy (non-hydrogen) atoms. The molecule has 0 amide bonds. The number of rotatable bonds is 3. The van der Waals surface area contributed by atoms with Crippen LogP contribution < -0.4 is 5.32 Å². The van der Waals surface area contributed by atoms with Gasteiger partial charge >= 0.3 is 0 Å². The molecule has 134 valence electrons. The summed E-state index contributed by atoms with van der Waals surface area (Å²) in [5.41, 5.74) is 1.35. The predicted octanol–water partition coefficient (Wildman–Crippen LogP) is 4.73. The van der Waals surface area contributed by atoms with Crippen LogP contribution in [0.2, 0.25) is 5.02 Å². The zero-order chi connectivity index (χ0) is 19.0. The van der Waals surface area contributed by atoms with E-state index in [2.05, 4.69) is 25.3 Å². The standard InChI is InChI=1S/C19H12ClF2N5/c1-23-18-12-7-10(11-3-2-4-13(21)16(11)20)8-14(22)17(12)26-19(27-18)15-9-24-5-6-25-15/h2-9H,1H3,(H,23,26,27). The van der Waals surface area contributed by atoms with Crippen molar-refractivity contribution in [2.45, 2.75) is 0 Å². The first kappa shape index (κ1) is 17.2. The Morgan fingerprint density at radius 2 is 1.89 bits per heavy atom. The molecule has 0 aliphatic rings. The number of anilines is 1. The normalized spacial score (nSPS) is 11.0. The summed E-state index contributed by atoms with van der Waals surface area (Å²) in [6, 6.07) is 7.34. The van der Waals surface area contributed by atoms with E-state index in [-0.39, 0.29) is 16.4 Å². The Balaban J connectivity index is 1.97. The van der Waals surface area contributed by atoms with Gasteiger partial charge < -0.3 is 5.32 Å². The summed E-state index contributed by atoms with van der Waals surface area (Å²) in [7, 11) is 1.67. The molecule has 4 aromatic rings. The number of hydrogen-bond acceptors (Lipinski definition) is 5. The second kappa shape index (κ2) is 6.85. The summed E-state index contributed by atoms with van der Waals surface area (Å²) in [6.07, 6.45) is 4.53. The van der Waals surface area contributed by atoms with Crippen LogP contribution in [0.25, 0.3) is 33.5 Å². The summed E-state index contributed by atoms with van der Waals surface area (Å²) in [5.74, 6) is -0.492. The molecule has 2 heterocycles. The Morgan fingerprint density at radius 1 is 1.04 bits per heavy atom. The highest BCUT2D eigenvalue weighted by Crippen LogP contribution is 2.35. The maximum absolute atomic E-state index is 14.9. The van der Waals surface area contributed by atoms with Crippen molar-refractivity contribution in [3.63, 3.8) is 0 Å². The lowest BCUT2D eigenvalue weighted by Gasteiger charge is -2.11. The maximum atomic E-state index is 14.9. The van der Waals surface area contributed by atoms with Crippen LogP contribution >= 0.6 is 11.6 Å². The van der Waals surface area contributed by atoms with E-state index < -0.39 is 11.6 Å². The van der Waals surface area contributed by atoms with Gasteiger partial charge in [0.25, 0.3) is 0 Å². The summed E-state index contributed by atoms with van der Waals surface area (Å²) in [5, 5.41) is 3.31. The van der Waals surface area contributed by atoms with Gasteiger partial charge in [-0.15, -0.1) is 0 Å². The maximum Gasteiger partial charge on any atom is 0.182 e. The van der Waals surface area contributed by atoms with E-state index in [1.807, 2.05) is 0 Å². The van der Waals surface area contributed by atoms with Crippen LogP contribution in [0.3, 0.4) is 0 Å². The fraction of sp³-hybridized carbons (Fsp3) is 0.0526. The zero-order valence-corrected chi connectivity index (χ0v) is 14.8. The Morgan fingerprint density at radius 3 is 2.63 bits per heavy atom. The topological polar surface area (TPSA) is 63.6 Å². The molecule has 1 N–H and O–H groups in total. The van der Waals surface area contributed by atoms with Crippen molar-refractivity contribution in [3.8, 4) is 22.6 Å². The quantitative estimate of drug-likeness (QED) is 0.554. The molecular formula is C19H12ClF2N5. The van der Waals surface area contributed by atoms with Gasteiger partial charge in [0.1, 0.15) is 28.7 Å². The molecule has 0 unspecified atom stereocenters. The third-order valence-electron chi connectivity index (χ3n) is 4.05. The summed E-state index contributed by atoms with van der Waals surface area (Å²) in [4.78, 5) is 16.8. The third-order valence-corrected chi connectivity index (χ3v) is 4.43. The molecule has 0 radical (unpaired) electrons. The SMILES string of the molecule is CNc1nc(-c2cnccn2)nc2c(F)cc(-c3cccc(F)c3Cl)cc12. The summed E-state index contributed by atoms with van der Waals surface area (Å²) in [6.45, 7) is 0. The molecule has 0 atom stereocenters. The van der Waals surface area contributed by atoms with Gasteiger partial charge in [0.15, 0.2) is 5.82 Å². The first-order valence-corrected chi connectivity index (χ1v) is 8.36. The van der Waals surface area contributed by atoms with Crippen molar-refractivity contribution in [1.82, 2.24) is 19.9 Å². The second-order valence-corrected chi connectivity index (χ2v) is 6.07. The molecule has 0 fully saturated rings. The third kappa shape index (κ3) is 3.06. The van der Waals surface area contributed by atoms with Crippen molar-refractivity contribution >= 4 is 28.3 Å². The van der Waals surface area contributed by atoms with E-state index in [9.17, 15) is 8.78 Å². The fourth-order valence-corrected chi connectivity index (χ4v) is 3.03. The molecule has 2 aromatic carbocycles. The van der Waals surface area contributed by atoms with E-state index in [1.54, 1.807) is 19.2 Å². The molecule has 0 bridgehead atoms. The smallest absolute Gasteiger partial charge is 0.182 e. The molecule has 0 saturated carbocycles. The van der Waals surface area contributed by atoms with Gasteiger partial charge in [-0.05, 0) is 23.8 Å². The van der Waals surface area contributed by atoms with Gasteiger partial charge in [-0.3, -0.25) is 4.98 Å². The molecule has 2 aromatic heterocycles. The number of nitrogens with zero attached hydrogens (tertiary/aromatic N) is 4. The second-order valence-electron chi connectivity index (χ2n) is 5.69. The van der Waals surface area contributed by atoms with E-state index in [4.69, 9.17) is 11.6 Å². The molecule has 0 saturated heterocycles. The van der Waals surface area contributed by atoms with Gasteiger partial charge in [0, 0.05) is 30.4 Å². The lowest BCUT2D eigenvalue weighted by molar-refractivity contribution is 0.628. The Kier molecular flexibility index (Phi) is 4.37. The zero-order valence-electron chi connectivity index (χ0n) is 14.0. The van der Waals surface area contributed by atoms with Crippen molar-refractivity contribution < 1.29 is 8.78 Å². The molecule has 4 rings (SSSR count). The van der Waals surface area contributed by atoms with Gasteiger partial charge in [-0.25, -0.2) is 23.7 Å². The van der Waals surface area contributed by atoms with Crippen LogP contribution in [0, 0.1) is 11.6 Å². The van der Waals surface area contributed by atoms with Crippen molar-refractivity contribution in [2.24, 2.45) is 0 Å². The van der Waals surface area contributed by atoms with E-state index in [0.29, 0.717) is 28.0 Å². The van der Waals surface area contributed by atoms with Crippen LogP contribution in [0.15, 0.2) is 48.9 Å². The lowest BCUT2D eigenvalue weighted by atomic mass is 10.0. The Labute approximate surface area is 158 Å². The van der Waals surface area contributed by atoms with Crippen LogP contribution in [0.1, 0.15) is 0 Å². The monoisotopic (exact) mass is 383 g/mol. The Bertz CT molecular complexity index is 1150. The average molecular weight is 384 g/mol. The minimum absolute atomic E-state index is 0.0700. The average Bonchev–Trinajstić information content (AvgIpc) is 2.70. The fourth-order valence-electron chi connectivity index (χ4n) is 2.79. The van der Waals surface area contributed by atoms with Crippen LogP contribution in [-0.4, -0.2) is 27.0 Å². The largest absolute Gasteiger partial charge is 0.373 e. The Hall–Kier alpha value is -3.19. The highest BCUT2D eigenvalue weighted by Gasteiger charge is 2.16. The van der Waals surface area contributed by atoms with E-state index >= 15 is 0 Å². The number of aromatic nitrogens is 4. The molecule has 5 nitrogen and oxygen atoms in total. The molecule has 8 heteroatoms. The number of hydrogen-bond donors (Lipinski definition) is 1. The number of nitrogens with one attached hydrogen (secondary N) is 1. The molecular weight excluding hydrogens is 372 g/mol. The van der Waals surface area contributed by atoms with Crippen molar-refractivity contribution in [3.05, 3.63) is 65.6 Å². The highest BCUT2D eigenvalue weighted by molar-refractivity contribution is 6.33. The van der Waals surface area contributed by atoms with Crippen LogP contribution in [0.4, 0.5) is 14.6 Å². The van der Waals surface area contributed by atoms with Gasteiger partial charge in [0.2, 0.25) is 0 Å². The van der Waals surface area contributed by atoms with Gasteiger partial charge in [0.05, 0.1) is 11.2 Å². The number of fused-ring (bicyclic) bond motifs is 1. The van der Waals surface area contributed by atoms with Crippen molar-refractivity contribution in [2.75, 3.05) is 12.4 Å². The van der Waals surface area contributed by atoms with Crippen LogP contribution in [0.5, 0.6) is 0 Å². The molecule has 0 spiro atoms. The van der Waals surface area contributed by atoms with E-state index in [1.165, 1.54) is 36.8 Å². The highest BCUT2D eigenvalue weighted by atomic mass is 35.5. The van der Waals surface area contributed by atoms with Crippen LogP contribution in [-0.2, 0) is 0 Å². The molecule has 0 aliphatic heterocycles. The van der Waals surface area contributed by atoms with Gasteiger partial charge in [-0.2, -0.15) is 0 Å². The van der Waals surface area contributed by atoms with Gasteiger partial charge in [-0.1, -0.05) is 23.7 Å². The first-order valence-electron chi connectivity index (χ1n) is 7.98. The molecule has 0 aliphatic carbocycles. The summed E-state index contributed by atoms with van der Waals surface area (Å²) < 4.78 is 28.7.